The third kappa shape index (κ3) is 13.1. The van der Waals surface area contributed by atoms with Gasteiger partial charge in [0.25, 0.3) is 11.8 Å². The fourth-order valence-corrected chi connectivity index (χ4v) is 7.29. The van der Waals surface area contributed by atoms with Gasteiger partial charge in [-0.15, -0.1) is 0 Å². The highest BCUT2D eigenvalue weighted by molar-refractivity contribution is 6.08. The van der Waals surface area contributed by atoms with Crippen LogP contribution in [-0.4, -0.2) is 70.3 Å². The van der Waals surface area contributed by atoms with Crippen LogP contribution in [0, 0.1) is 10.8 Å². The van der Waals surface area contributed by atoms with Crippen LogP contribution in [0.1, 0.15) is 109 Å². The summed E-state index contributed by atoms with van der Waals surface area (Å²) in [6, 6.07) is 7.35. The van der Waals surface area contributed by atoms with E-state index >= 15 is 0 Å². The molecule has 16 nitrogen and oxygen atoms in total. The van der Waals surface area contributed by atoms with Gasteiger partial charge in [-0.05, 0) is 128 Å². The Labute approximate surface area is 386 Å². The van der Waals surface area contributed by atoms with E-state index in [1.165, 1.54) is 12.2 Å². The molecule has 4 aliphatic carbocycles. The molecule has 66 heavy (non-hydrogen) atoms. The number of allylic oxidation sites excluding steroid dienone is 8. The Bertz CT molecular complexity index is 2350. The Kier molecular flexibility index (Phi) is 15.4. The highest BCUT2D eigenvalue weighted by Gasteiger charge is 2.57. The van der Waals surface area contributed by atoms with Gasteiger partial charge in [0, 0.05) is 28.5 Å². The summed E-state index contributed by atoms with van der Waals surface area (Å²) >= 11 is 0. The van der Waals surface area contributed by atoms with Crippen molar-refractivity contribution in [3.8, 4) is 0 Å². The van der Waals surface area contributed by atoms with Crippen molar-refractivity contribution >= 4 is 41.1 Å². The molecular weight excluding hydrogens is 841 g/mol. The molecule has 3 fully saturated rings. The molecule has 0 radical (unpaired) electrons. The van der Waals surface area contributed by atoms with Gasteiger partial charge in [-0.1, -0.05) is 61.7 Å². The van der Waals surface area contributed by atoms with E-state index < -0.39 is 41.2 Å². The maximum absolute atomic E-state index is 13.2. The molecule has 3 unspecified atom stereocenters. The normalized spacial score (nSPS) is 22.1. The lowest BCUT2D eigenvalue weighted by molar-refractivity contribution is -0.124. The van der Waals surface area contributed by atoms with Crippen molar-refractivity contribution in [3.63, 3.8) is 0 Å². The van der Waals surface area contributed by atoms with E-state index in [9.17, 15) is 24.0 Å². The molecule has 1 aromatic carbocycles. The van der Waals surface area contributed by atoms with E-state index in [4.69, 9.17) is 25.0 Å². The van der Waals surface area contributed by atoms with Gasteiger partial charge in [-0.2, -0.15) is 0 Å². The molecule has 6 rings (SSSR count). The number of ether oxygens (including phenoxy) is 3. The summed E-state index contributed by atoms with van der Waals surface area (Å²) in [4.78, 5) is 65.1. The number of amides is 5. The second-order valence-corrected chi connectivity index (χ2v) is 18.1. The molecule has 8 N–H and O–H groups in total. The Hall–Kier alpha value is -6.49. The zero-order valence-corrected chi connectivity index (χ0v) is 38.4. The second-order valence-electron chi connectivity index (χ2n) is 18.1. The molecule has 1 heterocycles. The lowest BCUT2D eigenvalue weighted by Crippen LogP contribution is -2.48. The van der Waals surface area contributed by atoms with Gasteiger partial charge in [0.2, 0.25) is 11.8 Å². The average Bonchev–Trinajstić information content (AvgIpc) is 4.22. The highest BCUT2D eigenvalue weighted by atomic mass is 16.8. The third-order valence-corrected chi connectivity index (χ3v) is 11.7. The lowest BCUT2D eigenvalue weighted by Gasteiger charge is -2.25. The first-order valence-electron chi connectivity index (χ1n) is 22.4. The van der Waals surface area contributed by atoms with E-state index in [0.717, 1.165) is 18.4 Å². The van der Waals surface area contributed by atoms with Crippen molar-refractivity contribution in [2.75, 3.05) is 0 Å². The minimum atomic E-state index is -1.13. The Balaban J connectivity index is 0.920. The van der Waals surface area contributed by atoms with Crippen LogP contribution in [-0.2, 0) is 40.0 Å². The number of rotatable bonds is 19. The summed E-state index contributed by atoms with van der Waals surface area (Å²) in [7, 11) is 0. The predicted molar refractivity (Wildman–Crippen MR) is 250 cm³/mol. The molecule has 3 atom stereocenters. The summed E-state index contributed by atoms with van der Waals surface area (Å²) < 4.78 is 16.9. The maximum atomic E-state index is 13.2. The predicted octanol–water partition coefficient (Wildman–Crippen LogP) is 6.43. The summed E-state index contributed by atoms with van der Waals surface area (Å²) in [5.74, 6) is -1.81. The maximum Gasteiger partial charge on any atom is 0.408 e. The van der Waals surface area contributed by atoms with E-state index in [1.807, 2.05) is 57.2 Å². The summed E-state index contributed by atoms with van der Waals surface area (Å²) in [6.45, 7) is 17.0. The first-order chi connectivity index (χ1) is 31.3. The molecule has 0 spiro atoms. The van der Waals surface area contributed by atoms with Crippen molar-refractivity contribution < 1.29 is 38.2 Å². The summed E-state index contributed by atoms with van der Waals surface area (Å²) in [5.41, 5.74) is 2.06. The van der Waals surface area contributed by atoms with E-state index in [0.29, 0.717) is 79.0 Å². The molecule has 2 saturated carbocycles. The number of epoxide rings is 1. The van der Waals surface area contributed by atoms with Crippen molar-refractivity contribution in [2.45, 2.75) is 134 Å². The van der Waals surface area contributed by atoms with Crippen LogP contribution in [0.5, 0.6) is 0 Å². The molecule has 5 aliphatic rings. The number of carbonyl (C=O) groups excluding carboxylic acids is 5. The van der Waals surface area contributed by atoms with Crippen LogP contribution >= 0.6 is 0 Å². The van der Waals surface area contributed by atoms with Crippen molar-refractivity contribution in [2.24, 2.45) is 0 Å². The van der Waals surface area contributed by atoms with Crippen LogP contribution in [0.15, 0.2) is 120 Å². The third-order valence-electron chi connectivity index (χ3n) is 11.7. The van der Waals surface area contributed by atoms with Crippen LogP contribution in [0.2, 0.25) is 0 Å². The van der Waals surface area contributed by atoms with Gasteiger partial charge in [0.1, 0.15) is 17.7 Å². The number of hydrogen-bond acceptors (Lipinski definition) is 11. The fourth-order valence-electron chi connectivity index (χ4n) is 7.29. The van der Waals surface area contributed by atoms with Gasteiger partial charge in [0.05, 0.1) is 28.4 Å². The Morgan fingerprint density at radius 1 is 0.803 bits per heavy atom. The van der Waals surface area contributed by atoms with Crippen LogP contribution in [0.3, 0.4) is 0 Å². The molecule has 5 amide bonds. The number of hydrogen-bond donors (Lipinski definition) is 8. The van der Waals surface area contributed by atoms with Crippen LogP contribution in [0.25, 0.3) is 0 Å². The summed E-state index contributed by atoms with van der Waals surface area (Å²) in [6.07, 6.45) is 17.5. The van der Waals surface area contributed by atoms with Gasteiger partial charge in [-0.25, -0.2) is 4.79 Å². The molecular formula is C50H62N8O8. The zero-order chi connectivity index (χ0) is 47.8. The van der Waals surface area contributed by atoms with Crippen LogP contribution in [0.4, 0.5) is 4.79 Å². The van der Waals surface area contributed by atoms with Gasteiger partial charge >= 0.3 is 6.09 Å². The molecule has 350 valence electrons. The van der Waals surface area contributed by atoms with E-state index in [-0.39, 0.29) is 47.1 Å². The van der Waals surface area contributed by atoms with Crippen LogP contribution < -0.4 is 31.9 Å². The quantitative estimate of drug-likeness (QED) is 0.0433. The molecule has 1 saturated heterocycles. The summed E-state index contributed by atoms with van der Waals surface area (Å²) in [5, 5.41) is 34.2. The minimum absolute atomic E-state index is 0.0501. The lowest BCUT2D eigenvalue weighted by atomic mass is 9.84. The largest absolute Gasteiger partial charge is 0.445 e. The number of alkyl carbamates (subject to hydrolysis) is 1. The topological polar surface area (TPSA) is 236 Å². The van der Waals surface area contributed by atoms with Crippen molar-refractivity contribution in [1.82, 2.24) is 31.9 Å². The molecule has 16 heteroatoms. The number of benzene rings is 1. The molecule has 0 bridgehead atoms. The molecule has 0 aromatic heterocycles. The first-order valence-corrected chi connectivity index (χ1v) is 22.4. The standard InChI is InChI=1S/C50H62N8O8/c1-8-34(53-45(61)49(25-26-49)57-43-44(65-43)66-48(5,6)7)24-18-31(4)42(60)56-39-16-12-13-36(40(39)52)33-21-19-32(20-22-33)29-64-47(63)58-50(27-28-50)46(62)54-35(9-2)23-17-30(3)41(59)55-38-15-11-10-14-37(38)51/h8-9,15-24,36,43-44,51-52,57H,3-4,10-14,25-29H2,1-2,5-7H3,(H,53,61)(H,54,62)(H,55,59)(H,56,60)(H,58,63)/b23-17-,24-18-,34-8?,35-9?,51-37?,52-40?. The van der Waals surface area contributed by atoms with Gasteiger partial charge < -0.3 is 51.6 Å². The van der Waals surface area contributed by atoms with Crippen molar-refractivity contribution in [3.05, 3.63) is 131 Å². The fraction of sp³-hybridized carbons (Fsp3) is 0.420. The monoisotopic (exact) mass is 902 g/mol. The van der Waals surface area contributed by atoms with Gasteiger partial charge in [-0.3, -0.25) is 24.5 Å². The second kappa shape index (κ2) is 20.8. The molecule has 1 aromatic rings. The van der Waals surface area contributed by atoms with Gasteiger partial charge in [0.15, 0.2) is 12.5 Å². The SMILES string of the molecule is C=C(/C=C\C(=CC)NC(=O)C1(NC(=O)OCc2ccc(C3CCC=C(NC(=O)C(=C)/C=C\C(=CC)NC(=O)C4(NC5OC5OC(C)(C)C)CC4)C3=N)cc2)CC1)C(=O)NC1=CCCCC1=N. The van der Waals surface area contributed by atoms with E-state index in [1.54, 1.807) is 38.2 Å². The number of nitrogens with one attached hydrogen (secondary N) is 8. The molecule has 1 aliphatic heterocycles. The Morgan fingerprint density at radius 2 is 1.36 bits per heavy atom. The smallest absolute Gasteiger partial charge is 0.408 e. The van der Waals surface area contributed by atoms with E-state index in [2.05, 4.69) is 45.1 Å². The first kappa shape index (κ1) is 49.0. The highest BCUT2D eigenvalue weighted by Crippen LogP contribution is 2.40. The zero-order valence-electron chi connectivity index (χ0n) is 38.4. The average molecular weight is 903 g/mol. The number of carbonyl (C=O) groups is 5. The van der Waals surface area contributed by atoms with Crippen molar-refractivity contribution in [1.29, 1.82) is 10.8 Å². The Morgan fingerprint density at radius 3 is 1.91 bits per heavy atom. The minimum Gasteiger partial charge on any atom is -0.445 e.